The Balaban J connectivity index is 0.000000383. The van der Waals surface area contributed by atoms with Crippen LogP contribution in [0.2, 0.25) is 0 Å². The van der Waals surface area contributed by atoms with Crippen molar-refractivity contribution in [1.82, 2.24) is 21.0 Å². The number of amides is 1. The SMILES string of the molecule is CC[C@@H](CO)NCCN[C@@H](CC)CO.Cc1ccc(OC/C(N)=N\NC(=O)c2ccncc2)cc1. The van der Waals surface area contributed by atoms with Gasteiger partial charge >= 0.3 is 0 Å². The summed E-state index contributed by atoms with van der Waals surface area (Å²) in [5.41, 5.74) is 9.64. The number of aliphatic hydroxyl groups is 2. The summed E-state index contributed by atoms with van der Waals surface area (Å²) in [5.74, 6) is 0.521. The Kier molecular flexibility index (Phi) is 15.7. The van der Waals surface area contributed by atoms with Crippen LogP contribution in [0.1, 0.15) is 42.6 Å². The molecule has 0 saturated carbocycles. The summed E-state index contributed by atoms with van der Waals surface area (Å²) < 4.78 is 5.44. The first-order valence-corrected chi connectivity index (χ1v) is 11.8. The van der Waals surface area contributed by atoms with Gasteiger partial charge in [-0.25, -0.2) is 5.43 Å². The second-order valence-electron chi connectivity index (χ2n) is 7.87. The summed E-state index contributed by atoms with van der Waals surface area (Å²) in [6.45, 7) is 8.22. The van der Waals surface area contributed by atoms with Gasteiger partial charge in [-0.3, -0.25) is 9.78 Å². The molecule has 0 fully saturated rings. The topological polar surface area (TPSA) is 154 Å². The summed E-state index contributed by atoms with van der Waals surface area (Å²) in [6, 6.07) is 11.1. The predicted octanol–water partition coefficient (Wildman–Crippen LogP) is 1.18. The van der Waals surface area contributed by atoms with Crippen molar-refractivity contribution in [2.75, 3.05) is 32.9 Å². The highest BCUT2D eigenvalue weighted by Crippen LogP contribution is 2.10. The Labute approximate surface area is 208 Å². The zero-order valence-electron chi connectivity index (χ0n) is 20.9. The smallest absolute Gasteiger partial charge is 0.271 e. The number of benzene rings is 1. The van der Waals surface area contributed by atoms with Crippen molar-refractivity contribution in [3.05, 3.63) is 59.9 Å². The largest absolute Gasteiger partial charge is 0.486 e. The van der Waals surface area contributed by atoms with Gasteiger partial charge in [0.25, 0.3) is 5.91 Å². The molecule has 0 radical (unpaired) electrons. The highest BCUT2D eigenvalue weighted by atomic mass is 16.5. The van der Waals surface area contributed by atoms with E-state index < -0.39 is 0 Å². The third kappa shape index (κ3) is 13.4. The molecule has 1 amide bonds. The van der Waals surface area contributed by atoms with E-state index in [4.69, 9.17) is 20.7 Å². The Morgan fingerprint density at radius 1 is 1.00 bits per heavy atom. The van der Waals surface area contributed by atoms with Gasteiger partial charge in [0.15, 0.2) is 5.84 Å². The first-order chi connectivity index (χ1) is 16.9. The van der Waals surface area contributed by atoms with E-state index in [1.54, 1.807) is 12.1 Å². The number of amidine groups is 1. The van der Waals surface area contributed by atoms with Gasteiger partial charge in [0.05, 0.1) is 13.2 Å². The second kappa shape index (κ2) is 18.3. The maximum atomic E-state index is 11.7. The molecule has 7 N–H and O–H groups in total. The number of hydrogen-bond acceptors (Lipinski definition) is 8. The van der Waals surface area contributed by atoms with Crippen LogP contribution in [-0.2, 0) is 0 Å². The Morgan fingerprint density at radius 3 is 2.03 bits per heavy atom. The van der Waals surface area contributed by atoms with Gasteiger partial charge in [0.2, 0.25) is 0 Å². The number of carbonyl (C=O) groups is 1. The molecular formula is C25H40N6O4. The van der Waals surface area contributed by atoms with Crippen LogP contribution in [0.25, 0.3) is 0 Å². The van der Waals surface area contributed by atoms with Crippen LogP contribution in [0, 0.1) is 6.92 Å². The number of pyridine rings is 1. The van der Waals surface area contributed by atoms with Crippen LogP contribution in [0.15, 0.2) is 53.9 Å². The summed E-state index contributed by atoms with van der Waals surface area (Å²) in [4.78, 5) is 15.6. The highest BCUT2D eigenvalue weighted by Gasteiger charge is 2.05. The quantitative estimate of drug-likeness (QED) is 0.100. The van der Waals surface area contributed by atoms with E-state index in [0.717, 1.165) is 31.5 Å². The van der Waals surface area contributed by atoms with E-state index in [2.05, 4.69) is 26.1 Å². The van der Waals surface area contributed by atoms with Gasteiger partial charge in [0, 0.05) is 43.1 Å². The molecule has 2 aromatic rings. The average Bonchev–Trinajstić information content (AvgIpc) is 2.90. The normalized spacial score (nSPS) is 12.8. The van der Waals surface area contributed by atoms with Crippen LogP contribution in [0.3, 0.4) is 0 Å². The third-order valence-electron chi connectivity index (χ3n) is 5.07. The van der Waals surface area contributed by atoms with E-state index in [-0.39, 0.29) is 43.6 Å². The minimum atomic E-state index is -0.351. The summed E-state index contributed by atoms with van der Waals surface area (Å²) in [7, 11) is 0. The number of aromatic nitrogens is 1. The van der Waals surface area contributed by atoms with Gasteiger partial charge in [0.1, 0.15) is 12.4 Å². The lowest BCUT2D eigenvalue weighted by molar-refractivity contribution is 0.0954. The van der Waals surface area contributed by atoms with Crippen LogP contribution in [0.4, 0.5) is 0 Å². The molecule has 0 aliphatic heterocycles. The van der Waals surface area contributed by atoms with Crippen molar-refractivity contribution in [2.45, 2.75) is 45.7 Å². The minimum absolute atomic E-state index is 0.0969. The molecule has 0 saturated heterocycles. The van der Waals surface area contributed by atoms with Gasteiger partial charge in [-0.1, -0.05) is 31.5 Å². The summed E-state index contributed by atoms with van der Waals surface area (Å²) >= 11 is 0. The van der Waals surface area contributed by atoms with Crippen molar-refractivity contribution in [1.29, 1.82) is 0 Å². The van der Waals surface area contributed by atoms with E-state index in [1.807, 2.05) is 45.0 Å². The number of ether oxygens (including phenoxy) is 1. The lowest BCUT2D eigenvalue weighted by Gasteiger charge is -2.17. The number of aryl methyl sites for hydroxylation is 1. The van der Waals surface area contributed by atoms with Gasteiger partial charge in [-0.05, 0) is 44.0 Å². The highest BCUT2D eigenvalue weighted by molar-refractivity contribution is 5.95. The average molecular weight is 489 g/mol. The van der Waals surface area contributed by atoms with Crippen molar-refractivity contribution in [2.24, 2.45) is 10.8 Å². The second-order valence-corrected chi connectivity index (χ2v) is 7.87. The number of nitrogens with two attached hydrogens (primary N) is 1. The molecule has 1 heterocycles. The summed E-state index contributed by atoms with van der Waals surface area (Å²) in [5, 5.41) is 28.0. The predicted molar refractivity (Wildman–Crippen MR) is 138 cm³/mol. The molecule has 10 heteroatoms. The molecule has 35 heavy (non-hydrogen) atoms. The number of hydrogen-bond donors (Lipinski definition) is 6. The number of nitrogens with one attached hydrogen (secondary N) is 3. The molecule has 0 unspecified atom stereocenters. The monoisotopic (exact) mass is 488 g/mol. The van der Waals surface area contributed by atoms with Gasteiger partial charge in [-0.2, -0.15) is 5.10 Å². The standard InChI is InChI=1S/C15H16N4O2.C10H24N2O2/c1-11-2-4-13(5-3-11)21-10-14(16)18-19-15(20)12-6-8-17-9-7-12;1-3-9(7-13)11-5-6-12-10(4-2)8-14/h2-9H,10H2,1H3,(H2,16,18)(H,19,20);9-14H,3-8H2,1-2H3/t;9-,10-/m.0/s1. The maximum Gasteiger partial charge on any atom is 0.271 e. The third-order valence-corrected chi connectivity index (χ3v) is 5.07. The molecule has 0 aliphatic rings. The van der Waals surface area contributed by atoms with Gasteiger partial charge in [-0.15, -0.1) is 0 Å². The number of nitrogens with zero attached hydrogens (tertiary/aromatic N) is 2. The van der Waals surface area contributed by atoms with E-state index in [1.165, 1.54) is 12.4 Å². The Morgan fingerprint density at radius 2 is 1.54 bits per heavy atom. The maximum absolute atomic E-state index is 11.7. The first kappa shape index (κ1) is 30.0. The molecule has 194 valence electrons. The molecule has 10 nitrogen and oxygen atoms in total. The van der Waals surface area contributed by atoms with Crippen LogP contribution >= 0.6 is 0 Å². The fraction of sp³-hybridized carbons (Fsp3) is 0.480. The van der Waals surface area contributed by atoms with E-state index in [9.17, 15) is 4.79 Å². The zero-order chi connectivity index (χ0) is 25.9. The molecule has 1 aromatic heterocycles. The van der Waals surface area contributed by atoms with Crippen molar-refractivity contribution >= 4 is 11.7 Å². The fourth-order valence-corrected chi connectivity index (χ4v) is 2.74. The molecule has 0 aliphatic carbocycles. The first-order valence-electron chi connectivity index (χ1n) is 11.8. The van der Waals surface area contributed by atoms with Gasteiger partial charge < -0.3 is 31.3 Å². The molecule has 2 atom stereocenters. The number of rotatable bonds is 14. The lowest BCUT2D eigenvalue weighted by Crippen LogP contribution is -2.40. The number of carbonyl (C=O) groups excluding carboxylic acids is 1. The molecule has 1 aromatic carbocycles. The van der Waals surface area contributed by atoms with Crippen LogP contribution < -0.4 is 26.5 Å². The van der Waals surface area contributed by atoms with Crippen LogP contribution in [-0.4, -0.2) is 71.9 Å². The minimum Gasteiger partial charge on any atom is -0.486 e. The molecule has 2 rings (SSSR count). The molecule has 0 bridgehead atoms. The van der Waals surface area contributed by atoms with Crippen molar-refractivity contribution < 1.29 is 19.7 Å². The van der Waals surface area contributed by atoms with Crippen LogP contribution in [0.5, 0.6) is 5.75 Å². The summed E-state index contributed by atoms with van der Waals surface area (Å²) in [6.07, 6.45) is 4.94. The lowest BCUT2D eigenvalue weighted by atomic mass is 10.2. The molecular weight excluding hydrogens is 448 g/mol. The fourth-order valence-electron chi connectivity index (χ4n) is 2.74. The Hall–Kier alpha value is -3.05. The Bertz CT molecular complexity index is 827. The van der Waals surface area contributed by atoms with E-state index >= 15 is 0 Å². The number of aliphatic hydroxyl groups excluding tert-OH is 2. The molecule has 0 spiro atoms. The van der Waals surface area contributed by atoms with Crippen molar-refractivity contribution in [3.8, 4) is 5.75 Å². The zero-order valence-corrected chi connectivity index (χ0v) is 20.9. The number of hydrazone groups is 1. The van der Waals surface area contributed by atoms with E-state index in [0.29, 0.717) is 11.3 Å². The van der Waals surface area contributed by atoms with Crippen molar-refractivity contribution in [3.63, 3.8) is 0 Å².